The van der Waals surface area contributed by atoms with Gasteiger partial charge in [-0.15, -0.1) is 0 Å². The summed E-state index contributed by atoms with van der Waals surface area (Å²) in [4.78, 5) is 6.20. The highest BCUT2D eigenvalue weighted by molar-refractivity contribution is 5.84. The molecule has 1 heterocycles. The van der Waals surface area contributed by atoms with Crippen LogP contribution < -0.4 is 14.4 Å². The van der Waals surface area contributed by atoms with Crippen molar-refractivity contribution in [2.24, 2.45) is 4.99 Å². The first-order valence-electron chi connectivity index (χ1n) is 9.08. The molecule has 0 bridgehead atoms. The number of hydrogen-bond donors (Lipinski definition) is 2. The number of benzene rings is 2. The number of methoxy groups -OCH3 is 2. The van der Waals surface area contributed by atoms with Gasteiger partial charge in [0.05, 0.1) is 39.4 Å². The van der Waals surface area contributed by atoms with Crippen LogP contribution in [0.25, 0.3) is 0 Å². The van der Waals surface area contributed by atoms with Crippen LogP contribution in [0, 0.1) is 0 Å². The molecule has 0 spiro atoms. The first-order valence-corrected chi connectivity index (χ1v) is 9.08. The lowest BCUT2D eigenvalue weighted by molar-refractivity contribution is -0.918. The van der Waals surface area contributed by atoms with E-state index < -0.39 is 0 Å². The summed E-state index contributed by atoms with van der Waals surface area (Å²) in [5.74, 6) is 1.50. The SMILES string of the molecule is COc1ccccc1[C@@H](CN=Cc1cccc(OC)c1O)[NH+]1CCCC1. The molecule has 5 nitrogen and oxygen atoms in total. The minimum absolute atomic E-state index is 0.126. The summed E-state index contributed by atoms with van der Waals surface area (Å²) in [6.07, 6.45) is 4.23. The second-order valence-electron chi connectivity index (χ2n) is 6.55. The molecule has 1 saturated heterocycles. The zero-order valence-corrected chi connectivity index (χ0v) is 15.4. The van der Waals surface area contributed by atoms with Gasteiger partial charge >= 0.3 is 0 Å². The van der Waals surface area contributed by atoms with Gasteiger partial charge in [-0.3, -0.25) is 4.99 Å². The number of rotatable bonds is 7. The Labute approximate surface area is 154 Å². The van der Waals surface area contributed by atoms with Crippen molar-refractivity contribution in [3.05, 3.63) is 53.6 Å². The number of nitrogens with one attached hydrogen (secondary N) is 1. The van der Waals surface area contributed by atoms with Gasteiger partial charge in [0.15, 0.2) is 11.5 Å². The topological polar surface area (TPSA) is 55.5 Å². The molecule has 1 atom stereocenters. The molecule has 0 aromatic heterocycles. The van der Waals surface area contributed by atoms with E-state index in [1.807, 2.05) is 24.3 Å². The third-order valence-corrected chi connectivity index (χ3v) is 5.02. The van der Waals surface area contributed by atoms with Crippen LogP contribution in [0.15, 0.2) is 47.5 Å². The lowest BCUT2D eigenvalue weighted by atomic mass is 10.0. The van der Waals surface area contributed by atoms with Gasteiger partial charge in [0.1, 0.15) is 11.8 Å². The highest BCUT2D eigenvalue weighted by Gasteiger charge is 2.29. The van der Waals surface area contributed by atoms with E-state index in [4.69, 9.17) is 9.47 Å². The van der Waals surface area contributed by atoms with E-state index in [0.29, 0.717) is 17.9 Å². The van der Waals surface area contributed by atoms with Gasteiger partial charge in [-0.25, -0.2) is 0 Å². The highest BCUT2D eigenvalue weighted by atomic mass is 16.5. The van der Waals surface area contributed by atoms with Crippen molar-refractivity contribution >= 4 is 6.21 Å². The summed E-state index contributed by atoms with van der Waals surface area (Å²) in [6.45, 7) is 2.96. The molecule has 0 unspecified atom stereocenters. The number of aliphatic imine (C=N–C) groups is 1. The van der Waals surface area contributed by atoms with Crippen LogP contribution in [-0.4, -0.2) is 45.2 Å². The van der Waals surface area contributed by atoms with E-state index >= 15 is 0 Å². The molecule has 1 aliphatic heterocycles. The molecule has 1 fully saturated rings. The molecular weight excluding hydrogens is 328 g/mol. The maximum absolute atomic E-state index is 10.2. The Hall–Kier alpha value is -2.53. The number of para-hydroxylation sites is 2. The third kappa shape index (κ3) is 3.99. The van der Waals surface area contributed by atoms with Crippen molar-refractivity contribution in [3.8, 4) is 17.2 Å². The van der Waals surface area contributed by atoms with Crippen molar-refractivity contribution in [2.75, 3.05) is 33.9 Å². The molecule has 0 radical (unpaired) electrons. The van der Waals surface area contributed by atoms with Crippen LogP contribution in [0.4, 0.5) is 0 Å². The zero-order valence-electron chi connectivity index (χ0n) is 15.4. The number of aromatic hydroxyl groups is 1. The molecule has 138 valence electrons. The van der Waals surface area contributed by atoms with Crippen molar-refractivity contribution < 1.29 is 19.5 Å². The summed E-state index contributed by atoms with van der Waals surface area (Å²) < 4.78 is 10.7. The molecule has 26 heavy (non-hydrogen) atoms. The van der Waals surface area contributed by atoms with E-state index in [2.05, 4.69) is 17.1 Å². The Bertz CT molecular complexity index is 755. The third-order valence-electron chi connectivity index (χ3n) is 5.02. The van der Waals surface area contributed by atoms with Crippen LogP contribution in [0.5, 0.6) is 17.2 Å². The minimum Gasteiger partial charge on any atom is -0.504 e. The minimum atomic E-state index is 0.126. The van der Waals surface area contributed by atoms with Gasteiger partial charge in [-0.1, -0.05) is 18.2 Å². The van der Waals surface area contributed by atoms with Crippen molar-refractivity contribution in [1.29, 1.82) is 0 Å². The van der Waals surface area contributed by atoms with Crippen LogP contribution in [-0.2, 0) is 0 Å². The summed E-state index contributed by atoms with van der Waals surface area (Å²) in [7, 11) is 3.26. The van der Waals surface area contributed by atoms with E-state index in [1.54, 1.807) is 31.4 Å². The van der Waals surface area contributed by atoms with Crippen molar-refractivity contribution in [3.63, 3.8) is 0 Å². The first-order chi connectivity index (χ1) is 12.7. The molecule has 0 saturated carbocycles. The van der Waals surface area contributed by atoms with Crippen molar-refractivity contribution in [1.82, 2.24) is 0 Å². The second kappa shape index (κ2) is 8.72. The number of phenols is 1. The quantitative estimate of drug-likeness (QED) is 0.749. The molecule has 1 aliphatic rings. The Balaban J connectivity index is 1.83. The Morgan fingerprint density at radius 2 is 1.73 bits per heavy atom. The average Bonchev–Trinajstić information content (AvgIpc) is 3.21. The fourth-order valence-corrected chi connectivity index (χ4v) is 3.64. The summed E-state index contributed by atoms with van der Waals surface area (Å²) >= 11 is 0. The molecule has 3 rings (SSSR count). The van der Waals surface area contributed by atoms with E-state index in [1.165, 1.54) is 18.4 Å². The standard InChI is InChI=1S/C21H26N2O3/c1-25-19-10-4-3-9-17(19)18(23-12-5-6-13-23)15-22-14-16-8-7-11-20(26-2)21(16)24/h3-4,7-11,14,18,24H,5-6,12-13,15H2,1-2H3/p+1/t18-/m1/s1. The monoisotopic (exact) mass is 355 g/mol. The summed E-state index contributed by atoms with van der Waals surface area (Å²) in [5, 5.41) is 10.2. The van der Waals surface area contributed by atoms with Crippen molar-refractivity contribution in [2.45, 2.75) is 18.9 Å². The highest BCUT2D eigenvalue weighted by Crippen LogP contribution is 2.28. The normalized spacial score (nSPS) is 16.1. The fourth-order valence-electron chi connectivity index (χ4n) is 3.64. The number of hydrogen-bond acceptors (Lipinski definition) is 4. The molecule has 0 amide bonds. The lowest BCUT2D eigenvalue weighted by Crippen LogP contribution is -3.10. The lowest BCUT2D eigenvalue weighted by Gasteiger charge is -2.25. The van der Waals surface area contributed by atoms with Crippen LogP contribution in [0.1, 0.15) is 30.0 Å². The van der Waals surface area contributed by atoms with Gasteiger partial charge < -0.3 is 19.5 Å². The van der Waals surface area contributed by atoms with Gasteiger partial charge in [-0.2, -0.15) is 0 Å². The molecule has 5 heteroatoms. The molecular formula is C21H27N2O3+. The van der Waals surface area contributed by atoms with Gasteiger partial charge in [0.2, 0.25) is 0 Å². The van der Waals surface area contributed by atoms with E-state index in [-0.39, 0.29) is 11.8 Å². The Kier molecular flexibility index (Phi) is 6.12. The van der Waals surface area contributed by atoms with Crippen LogP contribution in [0.3, 0.4) is 0 Å². The second-order valence-corrected chi connectivity index (χ2v) is 6.55. The number of phenolic OH excluding ortho intramolecular Hbond substituents is 1. The fraction of sp³-hybridized carbons (Fsp3) is 0.381. The maximum atomic E-state index is 10.2. The molecule has 0 aliphatic carbocycles. The van der Waals surface area contributed by atoms with E-state index in [9.17, 15) is 5.11 Å². The van der Waals surface area contributed by atoms with Gasteiger partial charge in [0.25, 0.3) is 0 Å². The number of likely N-dealkylation sites (tertiary alicyclic amines) is 1. The van der Waals surface area contributed by atoms with Crippen LogP contribution in [0.2, 0.25) is 0 Å². The number of ether oxygens (including phenoxy) is 2. The average molecular weight is 355 g/mol. The maximum Gasteiger partial charge on any atom is 0.166 e. The van der Waals surface area contributed by atoms with Crippen LogP contribution >= 0.6 is 0 Å². The summed E-state index contributed by atoms with van der Waals surface area (Å²) in [6, 6.07) is 13.9. The Morgan fingerprint density at radius 1 is 1.04 bits per heavy atom. The van der Waals surface area contributed by atoms with Gasteiger partial charge in [0, 0.05) is 24.6 Å². The largest absolute Gasteiger partial charge is 0.504 e. The molecule has 2 N–H and O–H groups in total. The zero-order chi connectivity index (χ0) is 18.4. The number of quaternary nitrogens is 1. The van der Waals surface area contributed by atoms with E-state index in [0.717, 1.165) is 18.8 Å². The first kappa shape index (κ1) is 18.3. The summed E-state index contributed by atoms with van der Waals surface area (Å²) in [5.41, 5.74) is 1.86. The predicted octanol–water partition coefficient (Wildman–Crippen LogP) is 2.25. The molecule has 2 aromatic carbocycles. The molecule has 2 aromatic rings. The van der Waals surface area contributed by atoms with Gasteiger partial charge in [-0.05, 0) is 24.3 Å². The number of nitrogens with zero attached hydrogens (tertiary/aromatic N) is 1. The predicted molar refractivity (Wildman–Crippen MR) is 103 cm³/mol. The smallest absolute Gasteiger partial charge is 0.166 e. The Morgan fingerprint density at radius 3 is 2.46 bits per heavy atom.